The average Bonchev–Trinajstić information content (AvgIpc) is 2.66. The summed E-state index contributed by atoms with van der Waals surface area (Å²) in [6.07, 6.45) is 0. The van der Waals surface area contributed by atoms with Crippen LogP contribution in [0.1, 0.15) is 5.56 Å². The van der Waals surface area contributed by atoms with Crippen molar-refractivity contribution in [3.8, 4) is 0 Å². The summed E-state index contributed by atoms with van der Waals surface area (Å²) in [5, 5.41) is 0. The minimum absolute atomic E-state index is 0. The molecular weight excluding hydrogens is 424 g/mol. The molecule has 8 heteroatoms. The van der Waals surface area contributed by atoms with Crippen molar-refractivity contribution in [3.63, 3.8) is 0 Å². The van der Waals surface area contributed by atoms with Crippen molar-refractivity contribution in [2.75, 3.05) is 24.6 Å². The van der Waals surface area contributed by atoms with Crippen molar-refractivity contribution in [1.82, 2.24) is 4.90 Å². The van der Waals surface area contributed by atoms with Gasteiger partial charge in [0.15, 0.2) is 5.96 Å². The Bertz CT molecular complexity index is 419. The molecule has 0 atom stereocenters. The third-order valence-electron chi connectivity index (χ3n) is 2.47. The number of nitrogens with zero attached hydrogens (tertiary/aromatic N) is 2. The van der Waals surface area contributed by atoms with Gasteiger partial charge in [-0.2, -0.15) is 11.8 Å². The maximum absolute atomic E-state index is 6.02. The topological polar surface area (TPSA) is 41.6 Å². The Labute approximate surface area is 142 Å². The number of halogens is 3. The van der Waals surface area contributed by atoms with E-state index in [-0.39, 0.29) is 24.0 Å². The van der Waals surface area contributed by atoms with Gasteiger partial charge in [-0.1, -0.05) is 23.2 Å². The summed E-state index contributed by atoms with van der Waals surface area (Å²) in [5.41, 5.74) is 6.89. The molecule has 0 amide bonds. The molecule has 1 aliphatic rings. The van der Waals surface area contributed by atoms with Crippen LogP contribution in [-0.2, 0) is 6.54 Å². The van der Waals surface area contributed by atoms with Crippen LogP contribution in [-0.4, -0.2) is 35.5 Å². The second-order valence-corrected chi connectivity index (χ2v) is 7.13. The van der Waals surface area contributed by atoms with Crippen LogP contribution in [0, 0.1) is 0 Å². The lowest BCUT2D eigenvalue weighted by Crippen LogP contribution is -2.42. The number of nitrogens with two attached hydrogens (primary N) is 1. The monoisotopic (exact) mass is 437 g/mol. The lowest BCUT2D eigenvalue weighted by Gasteiger charge is -2.27. The maximum Gasteiger partial charge on any atom is 0.191 e. The minimum atomic E-state index is 0. The van der Waals surface area contributed by atoms with Crippen LogP contribution < -0.4 is 5.73 Å². The molecule has 1 aliphatic heterocycles. The first-order chi connectivity index (χ1) is 8.16. The Morgan fingerprint density at radius 3 is 2.61 bits per heavy atom. The third-order valence-corrected chi connectivity index (χ3v) is 4.99. The summed E-state index contributed by atoms with van der Waals surface area (Å²) < 4.78 is 1.38. The summed E-state index contributed by atoms with van der Waals surface area (Å²) >= 11 is 15.2. The predicted molar refractivity (Wildman–Crippen MR) is 94.0 cm³/mol. The predicted octanol–water partition coefficient (Wildman–Crippen LogP) is 3.54. The number of thioether (sulfide) groups is 1. The lowest BCUT2D eigenvalue weighted by atomic mass is 10.3. The van der Waals surface area contributed by atoms with Gasteiger partial charge in [-0.25, -0.2) is 4.99 Å². The largest absolute Gasteiger partial charge is 0.370 e. The third kappa shape index (κ3) is 4.63. The second-order valence-electron chi connectivity index (χ2n) is 3.62. The van der Waals surface area contributed by atoms with Crippen LogP contribution in [0.4, 0.5) is 0 Å². The first-order valence-corrected chi connectivity index (χ1v) is 7.96. The van der Waals surface area contributed by atoms with Gasteiger partial charge in [0, 0.05) is 30.2 Å². The Morgan fingerprint density at radius 1 is 1.39 bits per heavy atom. The van der Waals surface area contributed by atoms with Crippen molar-refractivity contribution in [3.05, 3.63) is 20.3 Å². The van der Waals surface area contributed by atoms with E-state index in [4.69, 9.17) is 28.9 Å². The molecule has 0 spiro atoms. The van der Waals surface area contributed by atoms with E-state index >= 15 is 0 Å². The molecule has 2 heterocycles. The normalized spacial score (nSPS) is 16.6. The lowest BCUT2D eigenvalue weighted by molar-refractivity contribution is 0.455. The molecule has 1 aromatic rings. The number of guanidine groups is 1. The molecular formula is C10H14Cl2IN3S2. The summed E-state index contributed by atoms with van der Waals surface area (Å²) in [6, 6.07) is 1.84. The Hall–Kier alpha value is 0.630. The number of hydrogen-bond donors (Lipinski definition) is 1. The molecule has 2 N–H and O–H groups in total. The fraction of sp³-hybridized carbons (Fsp3) is 0.500. The maximum atomic E-state index is 6.02. The molecule has 102 valence electrons. The van der Waals surface area contributed by atoms with Gasteiger partial charge in [-0.3, -0.25) is 0 Å². The molecule has 3 nitrogen and oxygen atoms in total. The van der Waals surface area contributed by atoms with Gasteiger partial charge in [0.25, 0.3) is 0 Å². The van der Waals surface area contributed by atoms with E-state index in [9.17, 15) is 0 Å². The van der Waals surface area contributed by atoms with E-state index in [1.165, 1.54) is 11.3 Å². The highest BCUT2D eigenvalue weighted by molar-refractivity contribution is 14.0. The number of hydrogen-bond acceptors (Lipinski definition) is 3. The Morgan fingerprint density at radius 2 is 2.06 bits per heavy atom. The number of thiophene rings is 1. The standard InChI is InChI=1S/C10H13Cl2N3S2.HI/c11-8-5-7(9(12)17-8)6-14-10(13)15-1-3-16-4-2-15;/h5H,1-4,6H2,(H2,13,14);1H. The SMILES string of the molecule is I.NC(=NCc1cc(Cl)sc1Cl)N1CCSCC1. The van der Waals surface area contributed by atoms with Gasteiger partial charge in [0.05, 0.1) is 15.2 Å². The molecule has 18 heavy (non-hydrogen) atoms. The van der Waals surface area contributed by atoms with E-state index in [1.54, 1.807) is 0 Å². The van der Waals surface area contributed by atoms with Crippen LogP contribution in [0.25, 0.3) is 0 Å². The highest BCUT2D eigenvalue weighted by Crippen LogP contribution is 2.31. The van der Waals surface area contributed by atoms with E-state index in [0.29, 0.717) is 21.2 Å². The molecule has 0 saturated carbocycles. The van der Waals surface area contributed by atoms with E-state index < -0.39 is 0 Å². The van der Waals surface area contributed by atoms with Crippen molar-refractivity contribution in [2.24, 2.45) is 10.7 Å². The van der Waals surface area contributed by atoms with Gasteiger partial charge in [0.2, 0.25) is 0 Å². The van der Waals surface area contributed by atoms with Gasteiger partial charge in [0.1, 0.15) is 0 Å². The smallest absolute Gasteiger partial charge is 0.191 e. The van der Waals surface area contributed by atoms with Crippen LogP contribution in [0.2, 0.25) is 8.67 Å². The van der Waals surface area contributed by atoms with E-state index in [2.05, 4.69) is 9.89 Å². The van der Waals surface area contributed by atoms with Gasteiger partial charge in [-0.15, -0.1) is 35.3 Å². The molecule has 1 aromatic heterocycles. The molecule has 1 saturated heterocycles. The van der Waals surface area contributed by atoms with Crippen molar-refractivity contribution in [1.29, 1.82) is 0 Å². The van der Waals surface area contributed by atoms with Crippen LogP contribution in [0.3, 0.4) is 0 Å². The van der Waals surface area contributed by atoms with Gasteiger partial charge < -0.3 is 10.6 Å². The molecule has 0 bridgehead atoms. The van der Waals surface area contributed by atoms with Crippen LogP contribution >= 0.6 is 70.3 Å². The van der Waals surface area contributed by atoms with Crippen molar-refractivity contribution in [2.45, 2.75) is 6.54 Å². The summed E-state index contributed by atoms with van der Waals surface area (Å²) in [5.74, 6) is 2.83. The fourth-order valence-electron chi connectivity index (χ4n) is 1.54. The first-order valence-electron chi connectivity index (χ1n) is 5.23. The first kappa shape index (κ1) is 16.7. The summed E-state index contributed by atoms with van der Waals surface area (Å²) in [6.45, 7) is 2.44. The zero-order valence-corrected chi connectivity index (χ0v) is 15.0. The highest BCUT2D eigenvalue weighted by Gasteiger charge is 2.12. The molecule has 1 fully saturated rings. The zero-order chi connectivity index (χ0) is 12.3. The molecule has 0 aliphatic carbocycles. The molecule has 0 aromatic carbocycles. The second kappa shape index (κ2) is 8.04. The highest BCUT2D eigenvalue weighted by atomic mass is 127. The van der Waals surface area contributed by atoms with Crippen LogP contribution in [0.5, 0.6) is 0 Å². The summed E-state index contributed by atoms with van der Waals surface area (Å²) in [4.78, 5) is 6.48. The Balaban J connectivity index is 0.00000162. The minimum Gasteiger partial charge on any atom is -0.370 e. The van der Waals surface area contributed by atoms with Crippen molar-refractivity contribution < 1.29 is 0 Å². The number of aliphatic imine (C=N–C) groups is 1. The molecule has 2 rings (SSSR count). The average molecular weight is 438 g/mol. The molecule has 0 unspecified atom stereocenters. The molecule has 0 radical (unpaired) electrons. The summed E-state index contributed by atoms with van der Waals surface area (Å²) in [7, 11) is 0. The number of rotatable bonds is 2. The van der Waals surface area contributed by atoms with Gasteiger partial charge in [-0.05, 0) is 6.07 Å². The fourth-order valence-corrected chi connectivity index (χ4v) is 3.92. The van der Waals surface area contributed by atoms with Crippen molar-refractivity contribution >= 4 is 76.2 Å². The Kier molecular flexibility index (Phi) is 7.45. The van der Waals surface area contributed by atoms with Crippen LogP contribution in [0.15, 0.2) is 11.1 Å². The van der Waals surface area contributed by atoms with E-state index in [1.807, 2.05) is 17.8 Å². The van der Waals surface area contributed by atoms with Gasteiger partial charge >= 0.3 is 0 Å². The zero-order valence-electron chi connectivity index (χ0n) is 9.57. The quantitative estimate of drug-likeness (QED) is 0.437. The van der Waals surface area contributed by atoms with E-state index in [0.717, 1.165) is 30.2 Å².